The number of benzene rings is 1. The fraction of sp³-hybridized carbons (Fsp3) is 0.214. The molecule has 0 saturated carbocycles. The largest absolute Gasteiger partial charge is 0.504 e. The first-order valence-electron chi connectivity index (χ1n) is 5.81. The van der Waals surface area contributed by atoms with Crippen LogP contribution in [0.2, 0.25) is 0 Å². The highest BCUT2D eigenvalue weighted by Crippen LogP contribution is 2.45. The highest BCUT2D eigenvalue weighted by Gasteiger charge is 2.26. The third-order valence-corrected chi connectivity index (χ3v) is 3.02. The minimum atomic E-state index is -0.483. The first-order valence-corrected chi connectivity index (χ1v) is 5.81. The maximum atomic E-state index is 11.2. The average Bonchev–Trinajstić information content (AvgIpc) is 2.38. The van der Waals surface area contributed by atoms with Crippen LogP contribution in [0.5, 0.6) is 17.2 Å². The van der Waals surface area contributed by atoms with Crippen LogP contribution in [0.3, 0.4) is 0 Å². The van der Waals surface area contributed by atoms with Gasteiger partial charge in [-0.05, 0) is 18.6 Å². The van der Waals surface area contributed by atoms with Crippen LogP contribution in [0.15, 0.2) is 39.6 Å². The van der Waals surface area contributed by atoms with Gasteiger partial charge in [0.25, 0.3) is 0 Å². The molecule has 0 fully saturated rings. The van der Waals surface area contributed by atoms with Crippen LogP contribution in [0.25, 0.3) is 11.0 Å². The fourth-order valence-corrected chi connectivity index (χ4v) is 1.96. The SMILES string of the molecule is C=C(C)[C@H]1COc2cc3oc(=O)ccc3c(O)c2O1. The summed E-state index contributed by atoms with van der Waals surface area (Å²) < 4.78 is 16.2. The molecule has 5 nitrogen and oxygen atoms in total. The Balaban J connectivity index is 2.20. The molecular weight excluding hydrogens is 248 g/mol. The molecule has 1 atom stereocenters. The van der Waals surface area contributed by atoms with Crippen LogP contribution in [0.4, 0.5) is 0 Å². The van der Waals surface area contributed by atoms with Crippen molar-refractivity contribution in [3.63, 3.8) is 0 Å². The van der Waals surface area contributed by atoms with Crippen molar-refractivity contribution in [3.8, 4) is 17.2 Å². The molecule has 0 saturated heterocycles. The van der Waals surface area contributed by atoms with Crippen molar-refractivity contribution in [2.24, 2.45) is 0 Å². The lowest BCUT2D eigenvalue weighted by Crippen LogP contribution is -2.29. The van der Waals surface area contributed by atoms with E-state index < -0.39 is 5.63 Å². The van der Waals surface area contributed by atoms with Crippen molar-refractivity contribution in [3.05, 3.63) is 40.8 Å². The van der Waals surface area contributed by atoms with Crippen molar-refractivity contribution in [2.75, 3.05) is 6.61 Å². The monoisotopic (exact) mass is 260 g/mol. The van der Waals surface area contributed by atoms with Gasteiger partial charge in [0, 0.05) is 12.1 Å². The van der Waals surface area contributed by atoms with E-state index in [0.29, 0.717) is 17.7 Å². The van der Waals surface area contributed by atoms with Gasteiger partial charge in [-0.15, -0.1) is 0 Å². The molecule has 19 heavy (non-hydrogen) atoms. The summed E-state index contributed by atoms with van der Waals surface area (Å²) in [5.74, 6) is 0.514. The van der Waals surface area contributed by atoms with E-state index in [2.05, 4.69) is 6.58 Å². The van der Waals surface area contributed by atoms with Gasteiger partial charge < -0.3 is 19.0 Å². The number of phenolic OH excluding ortho intramolecular Hbond substituents is 1. The molecule has 0 unspecified atom stereocenters. The third-order valence-electron chi connectivity index (χ3n) is 3.02. The normalized spacial score (nSPS) is 17.4. The predicted octanol–water partition coefficient (Wildman–Crippen LogP) is 2.21. The number of aromatic hydroxyl groups is 1. The lowest BCUT2D eigenvalue weighted by atomic mass is 10.1. The molecule has 0 aliphatic carbocycles. The zero-order valence-corrected chi connectivity index (χ0v) is 10.3. The van der Waals surface area contributed by atoms with E-state index in [1.165, 1.54) is 12.1 Å². The van der Waals surface area contributed by atoms with Crippen molar-refractivity contribution in [2.45, 2.75) is 13.0 Å². The number of phenols is 1. The van der Waals surface area contributed by atoms with Crippen molar-refractivity contribution < 1.29 is 19.0 Å². The molecule has 5 heteroatoms. The molecule has 1 aliphatic heterocycles. The zero-order valence-electron chi connectivity index (χ0n) is 10.3. The Bertz CT molecular complexity index is 728. The molecule has 2 heterocycles. The van der Waals surface area contributed by atoms with E-state index in [4.69, 9.17) is 13.9 Å². The van der Waals surface area contributed by atoms with Gasteiger partial charge in [-0.1, -0.05) is 6.58 Å². The molecule has 3 rings (SSSR count). The maximum absolute atomic E-state index is 11.2. The summed E-state index contributed by atoms with van der Waals surface area (Å²) in [5.41, 5.74) is 0.592. The fourth-order valence-electron chi connectivity index (χ4n) is 1.96. The summed E-state index contributed by atoms with van der Waals surface area (Å²) in [6.45, 7) is 5.95. The van der Waals surface area contributed by atoms with Crippen LogP contribution in [0, 0.1) is 0 Å². The summed E-state index contributed by atoms with van der Waals surface area (Å²) in [7, 11) is 0. The molecule has 1 N–H and O–H groups in total. The second-order valence-corrected chi connectivity index (χ2v) is 4.48. The van der Waals surface area contributed by atoms with Crippen LogP contribution in [-0.4, -0.2) is 17.8 Å². The van der Waals surface area contributed by atoms with E-state index in [9.17, 15) is 9.90 Å². The van der Waals surface area contributed by atoms with Gasteiger partial charge in [-0.25, -0.2) is 4.79 Å². The van der Waals surface area contributed by atoms with Crippen LogP contribution < -0.4 is 15.1 Å². The summed E-state index contributed by atoms with van der Waals surface area (Å²) >= 11 is 0. The third kappa shape index (κ3) is 1.83. The minimum Gasteiger partial charge on any atom is -0.504 e. The highest BCUT2D eigenvalue weighted by molar-refractivity contribution is 5.88. The molecule has 0 spiro atoms. The van der Waals surface area contributed by atoms with Gasteiger partial charge in [-0.3, -0.25) is 0 Å². The van der Waals surface area contributed by atoms with E-state index in [-0.39, 0.29) is 23.2 Å². The molecule has 0 bridgehead atoms. The quantitative estimate of drug-likeness (QED) is 0.629. The Labute approximate surface area is 108 Å². The lowest BCUT2D eigenvalue weighted by molar-refractivity contribution is 0.111. The molecule has 1 aliphatic rings. The molecule has 0 amide bonds. The number of hydrogen-bond donors (Lipinski definition) is 1. The van der Waals surface area contributed by atoms with E-state index in [1.54, 1.807) is 6.07 Å². The summed E-state index contributed by atoms with van der Waals surface area (Å²) in [6.07, 6.45) is -0.299. The Hall–Kier alpha value is -2.43. The summed E-state index contributed by atoms with van der Waals surface area (Å²) in [6, 6.07) is 4.28. The van der Waals surface area contributed by atoms with Crippen molar-refractivity contribution in [1.29, 1.82) is 0 Å². The molecule has 2 aromatic rings. The molecular formula is C14H12O5. The summed E-state index contributed by atoms with van der Waals surface area (Å²) in [4.78, 5) is 11.2. The second-order valence-electron chi connectivity index (χ2n) is 4.48. The lowest BCUT2D eigenvalue weighted by Gasteiger charge is -2.27. The van der Waals surface area contributed by atoms with Crippen molar-refractivity contribution >= 4 is 11.0 Å². The van der Waals surface area contributed by atoms with Crippen molar-refractivity contribution in [1.82, 2.24) is 0 Å². The smallest absolute Gasteiger partial charge is 0.336 e. The Kier molecular flexibility index (Phi) is 2.48. The number of hydrogen-bond acceptors (Lipinski definition) is 5. The number of rotatable bonds is 1. The molecule has 1 aromatic heterocycles. The first kappa shape index (κ1) is 11.6. The molecule has 1 aromatic carbocycles. The van der Waals surface area contributed by atoms with Gasteiger partial charge in [0.2, 0.25) is 5.75 Å². The van der Waals surface area contributed by atoms with Crippen LogP contribution >= 0.6 is 0 Å². The highest BCUT2D eigenvalue weighted by atomic mass is 16.6. The number of ether oxygens (including phenoxy) is 2. The van der Waals surface area contributed by atoms with Gasteiger partial charge >= 0.3 is 5.63 Å². The van der Waals surface area contributed by atoms with Gasteiger partial charge in [0.15, 0.2) is 17.6 Å². The standard InChI is InChI=1S/C14H12O5/c1-7(2)11-6-17-10-5-9-8(3-4-12(15)18-9)13(16)14(10)19-11/h3-5,11,16H,1,6H2,2H3/t11-/m1/s1. The maximum Gasteiger partial charge on any atom is 0.336 e. The average molecular weight is 260 g/mol. The van der Waals surface area contributed by atoms with Crippen LogP contribution in [0.1, 0.15) is 6.92 Å². The molecule has 98 valence electrons. The van der Waals surface area contributed by atoms with Gasteiger partial charge in [-0.2, -0.15) is 0 Å². The predicted molar refractivity (Wildman–Crippen MR) is 68.9 cm³/mol. The van der Waals surface area contributed by atoms with Crippen LogP contribution in [-0.2, 0) is 0 Å². The zero-order chi connectivity index (χ0) is 13.6. The Morgan fingerprint density at radius 1 is 1.47 bits per heavy atom. The summed E-state index contributed by atoms with van der Waals surface area (Å²) in [5, 5.41) is 10.6. The molecule has 0 radical (unpaired) electrons. The second kappa shape index (κ2) is 4.05. The first-order chi connectivity index (χ1) is 9.06. The van der Waals surface area contributed by atoms with Gasteiger partial charge in [0.05, 0.1) is 5.39 Å². The Morgan fingerprint density at radius 3 is 3.00 bits per heavy atom. The number of fused-ring (bicyclic) bond motifs is 2. The topological polar surface area (TPSA) is 68.9 Å². The van der Waals surface area contributed by atoms with E-state index in [0.717, 1.165) is 5.57 Å². The van der Waals surface area contributed by atoms with Gasteiger partial charge in [0.1, 0.15) is 12.2 Å². The Morgan fingerprint density at radius 2 is 2.26 bits per heavy atom. The minimum absolute atomic E-state index is 0.0952. The van der Waals surface area contributed by atoms with E-state index in [1.807, 2.05) is 6.92 Å². The van der Waals surface area contributed by atoms with E-state index >= 15 is 0 Å².